The van der Waals surface area contributed by atoms with Gasteiger partial charge >= 0.3 is 0 Å². The van der Waals surface area contributed by atoms with Gasteiger partial charge in [0.15, 0.2) is 0 Å². The lowest BCUT2D eigenvalue weighted by atomic mass is 9.69. The minimum atomic E-state index is 0.0562. The molecule has 0 aliphatic heterocycles. The predicted octanol–water partition coefficient (Wildman–Crippen LogP) is 5.17. The van der Waals surface area contributed by atoms with Crippen LogP contribution in [0.1, 0.15) is 63.2 Å². The Bertz CT molecular complexity index is 472. The average Bonchev–Trinajstić information content (AvgIpc) is 2.48. The van der Waals surface area contributed by atoms with Gasteiger partial charge in [0.2, 0.25) is 0 Å². The molecule has 0 saturated heterocycles. The summed E-state index contributed by atoms with van der Waals surface area (Å²) < 4.78 is 1.00. The Morgan fingerprint density at radius 2 is 1.76 bits per heavy atom. The molecular weight excluding hydrogens is 326 g/mol. The van der Waals surface area contributed by atoms with E-state index in [1.165, 1.54) is 19.3 Å². The number of rotatable bonds is 4. The topological polar surface area (TPSA) is 29.1 Å². The van der Waals surface area contributed by atoms with Gasteiger partial charge in [-0.3, -0.25) is 4.79 Å². The van der Waals surface area contributed by atoms with Crippen LogP contribution in [0.2, 0.25) is 0 Å². The summed E-state index contributed by atoms with van der Waals surface area (Å²) in [4.78, 5) is 12.2. The molecule has 1 aliphatic rings. The Morgan fingerprint density at radius 3 is 2.29 bits per heavy atom. The number of hydrogen-bond donors (Lipinski definition) is 1. The number of nitrogens with one attached hydrogen (secondary N) is 1. The number of carbonyl (C=O) groups is 1. The third-order valence-electron chi connectivity index (χ3n) is 5.19. The minimum absolute atomic E-state index is 0.0562. The molecule has 21 heavy (non-hydrogen) atoms. The van der Waals surface area contributed by atoms with E-state index in [0.29, 0.717) is 11.5 Å². The van der Waals surface area contributed by atoms with E-state index >= 15 is 0 Å². The summed E-state index contributed by atoms with van der Waals surface area (Å²) in [6.45, 7) is 7.03. The second-order valence-corrected chi connectivity index (χ2v) is 7.79. The summed E-state index contributed by atoms with van der Waals surface area (Å²) in [6, 6.07) is 7.90. The van der Waals surface area contributed by atoms with Crippen LogP contribution in [0.25, 0.3) is 0 Å². The zero-order valence-electron chi connectivity index (χ0n) is 13.3. The van der Waals surface area contributed by atoms with Crippen molar-refractivity contribution in [2.24, 2.45) is 11.3 Å². The van der Waals surface area contributed by atoms with Crippen molar-refractivity contribution >= 4 is 21.8 Å². The largest absolute Gasteiger partial charge is 0.349 e. The summed E-state index contributed by atoms with van der Waals surface area (Å²) in [7, 11) is 0. The van der Waals surface area contributed by atoms with Crippen LogP contribution in [0.3, 0.4) is 0 Å². The Balaban J connectivity index is 1.86. The summed E-state index contributed by atoms with van der Waals surface area (Å²) in [5.74, 6) is 0.851. The molecule has 0 radical (unpaired) electrons. The lowest BCUT2D eigenvalue weighted by Crippen LogP contribution is -2.39. The summed E-state index contributed by atoms with van der Waals surface area (Å²) >= 11 is 3.39. The molecule has 116 valence electrons. The molecule has 1 aliphatic carbocycles. The third kappa shape index (κ3) is 4.32. The second kappa shape index (κ2) is 6.95. The quantitative estimate of drug-likeness (QED) is 0.795. The molecule has 1 N–H and O–H groups in total. The van der Waals surface area contributed by atoms with E-state index in [9.17, 15) is 4.79 Å². The van der Waals surface area contributed by atoms with E-state index < -0.39 is 0 Å². The third-order valence-corrected chi connectivity index (χ3v) is 5.71. The van der Waals surface area contributed by atoms with Gasteiger partial charge in [-0.15, -0.1) is 0 Å². The van der Waals surface area contributed by atoms with Crippen molar-refractivity contribution in [3.8, 4) is 0 Å². The molecule has 0 spiro atoms. The fraction of sp³-hybridized carbons (Fsp3) is 0.611. The molecule has 3 heteroatoms. The molecule has 1 amide bonds. The number of hydrogen-bond acceptors (Lipinski definition) is 1. The summed E-state index contributed by atoms with van der Waals surface area (Å²) in [5.41, 5.74) is 1.18. The normalized spacial score (nSPS) is 22.9. The average molecular weight is 352 g/mol. The van der Waals surface area contributed by atoms with E-state index in [1.54, 1.807) is 0 Å². The molecule has 0 heterocycles. The lowest BCUT2D eigenvalue weighted by molar-refractivity contribution is 0.0893. The second-order valence-electron chi connectivity index (χ2n) is 6.87. The van der Waals surface area contributed by atoms with Gasteiger partial charge in [-0.05, 0) is 61.3 Å². The van der Waals surface area contributed by atoms with Gasteiger partial charge in [0, 0.05) is 16.1 Å². The van der Waals surface area contributed by atoms with Crippen molar-refractivity contribution in [1.29, 1.82) is 0 Å². The molecule has 2 rings (SSSR count). The van der Waals surface area contributed by atoms with Crippen molar-refractivity contribution in [3.05, 3.63) is 34.3 Å². The Kier molecular flexibility index (Phi) is 5.48. The van der Waals surface area contributed by atoms with Crippen molar-refractivity contribution in [3.63, 3.8) is 0 Å². The van der Waals surface area contributed by atoms with E-state index in [4.69, 9.17) is 0 Å². The molecule has 1 saturated carbocycles. The number of carbonyl (C=O) groups excluding carboxylic acids is 1. The first kappa shape index (κ1) is 16.5. The molecule has 1 aromatic carbocycles. The molecular formula is C18H26BrNO. The molecule has 0 bridgehead atoms. The highest BCUT2D eigenvalue weighted by atomic mass is 79.9. The molecule has 0 atom stereocenters. The fourth-order valence-corrected chi connectivity index (χ4v) is 3.44. The van der Waals surface area contributed by atoms with Crippen LogP contribution >= 0.6 is 15.9 Å². The molecule has 0 unspecified atom stereocenters. The summed E-state index contributed by atoms with van der Waals surface area (Å²) in [5, 5.41) is 3.19. The summed E-state index contributed by atoms with van der Waals surface area (Å²) in [6.07, 6.45) is 5.90. The van der Waals surface area contributed by atoms with Gasteiger partial charge in [-0.25, -0.2) is 0 Å². The van der Waals surface area contributed by atoms with Gasteiger partial charge < -0.3 is 5.32 Å². The zero-order valence-corrected chi connectivity index (χ0v) is 14.9. The first-order chi connectivity index (χ1) is 9.92. The monoisotopic (exact) mass is 351 g/mol. The smallest absolute Gasteiger partial charge is 0.251 e. The highest BCUT2D eigenvalue weighted by Crippen LogP contribution is 2.40. The maximum absolute atomic E-state index is 12.2. The Labute approximate surface area is 136 Å². The number of amides is 1. The van der Waals surface area contributed by atoms with Crippen molar-refractivity contribution < 1.29 is 4.79 Å². The van der Waals surface area contributed by atoms with Crippen LogP contribution in [-0.2, 0) is 0 Å². The predicted molar refractivity (Wildman–Crippen MR) is 91.4 cm³/mol. The maximum atomic E-state index is 12.2. The number of benzene rings is 1. The highest BCUT2D eigenvalue weighted by Gasteiger charge is 2.32. The lowest BCUT2D eigenvalue weighted by Gasteiger charge is -2.39. The SMILES string of the molecule is CCC(C)(C)C1CCC(NC(=O)c2ccc(Br)cc2)CC1. The van der Waals surface area contributed by atoms with Crippen LogP contribution in [0.15, 0.2) is 28.7 Å². The van der Waals surface area contributed by atoms with E-state index in [1.807, 2.05) is 24.3 Å². The Hall–Kier alpha value is -0.830. The molecule has 1 fully saturated rings. The zero-order chi connectivity index (χ0) is 15.5. The van der Waals surface area contributed by atoms with Gasteiger partial charge in [0.1, 0.15) is 0 Å². The number of halogens is 1. The fourth-order valence-electron chi connectivity index (χ4n) is 3.18. The van der Waals surface area contributed by atoms with Crippen LogP contribution in [0.4, 0.5) is 0 Å². The van der Waals surface area contributed by atoms with Gasteiger partial charge in [0.25, 0.3) is 5.91 Å². The van der Waals surface area contributed by atoms with Crippen molar-refractivity contribution in [1.82, 2.24) is 5.32 Å². The van der Waals surface area contributed by atoms with Crippen molar-refractivity contribution in [2.45, 2.75) is 58.9 Å². The van der Waals surface area contributed by atoms with Crippen LogP contribution in [0.5, 0.6) is 0 Å². The maximum Gasteiger partial charge on any atom is 0.251 e. The standard InChI is InChI=1S/C18H26BrNO/c1-4-18(2,3)14-7-11-16(12-8-14)20-17(21)13-5-9-15(19)10-6-13/h5-6,9-10,14,16H,4,7-8,11-12H2,1-3H3,(H,20,21). The first-order valence-electron chi connectivity index (χ1n) is 7.99. The van der Waals surface area contributed by atoms with Crippen LogP contribution in [-0.4, -0.2) is 11.9 Å². The van der Waals surface area contributed by atoms with Gasteiger partial charge in [-0.2, -0.15) is 0 Å². The Morgan fingerprint density at radius 1 is 1.19 bits per heavy atom. The van der Waals surface area contributed by atoms with Crippen LogP contribution < -0.4 is 5.32 Å². The molecule has 2 nitrogen and oxygen atoms in total. The molecule has 1 aromatic rings. The minimum Gasteiger partial charge on any atom is -0.349 e. The van der Waals surface area contributed by atoms with E-state index in [2.05, 4.69) is 42.0 Å². The highest BCUT2D eigenvalue weighted by molar-refractivity contribution is 9.10. The van der Waals surface area contributed by atoms with Gasteiger partial charge in [0.05, 0.1) is 0 Å². The van der Waals surface area contributed by atoms with E-state index in [-0.39, 0.29) is 5.91 Å². The first-order valence-corrected chi connectivity index (χ1v) is 8.78. The van der Waals surface area contributed by atoms with Crippen LogP contribution in [0, 0.1) is 11.3 Å². The van der Waals surface area contributed by atoms with E-state index in [0.717, 1.165) is 28.8 Å². The van der Waals surface area contributed by atoms with Crippen molar-refractivity contribution in [2.75, 3.05) is 0 Å². The molecule has 0 aromatic heterocycles. The van der Waals surface area contributed by atoms with Gasteiger partial charge in [-0.1, -0.05) is 43.1 Å².